The van der Waals surface area contributed by atoms with Crippen molar-refractivity contribution >= 4 is 5.95 Å². The van der Waals surface area contributed by atoms with Crippen LogP contribution in [0.15, 0.2) is 25.0 Å². The molecule has 0 saturated carbocycles. The first-order chi connectivity index (χ1) is 10.3. The Morgan fingerprint density at radius 2 is 2.05 bits per heavy atom. The summed E-state index contributed by atoms with van der Waals surface area (Å²) in [6, 6.07) is 0. The number of anilines is 1. The van der Waals surface area contributed by atoms with Crippen LogP contribution in [0.1, 0.15) is 44.6 Å². The van der Waals surface area contributed by atoms with Crippen molar-refractivity contribution in [2.45, 2.75) is 45.6 Å². The summed E-state index contributed by atoms with van der Waals surface area (Å²) in [5, 5.41) is 3.49. The summed E-state index contributed by atoms with van der Waals surface area (Å²) in [5.74, 6) is 1.64. The fraction of sp³-hybridized carbons (Fsp3) is 0.647. The largest absolute Gasteiger partial charge is 0.341 e. The van der Waals surface area contributed by atoms with Gasteiger partial charge in [0.1, 0.15) is 0 Å². The van der Waals surface area contributed by atoms with E-state index >= 15 is 0 Å². The molecule has 0 aromatic carbocycles. The highest BCUT2D eigenvalue weighted by atomic mass is 15.3. The lowest BCUT2D eigenvalue weighted by molar-refractivity contribution is 0.455. The second-order valence-electron chi connectivity index (χ2n) is 5.85. The molecule has 2 heterocycles. The molecule has 2 rings (SSSR count). The maximum Gasteiger partial charge on any atom is 0.225 e. The minimum atomic E-state index is 0.754. The molecule has 1 aromatic heterocycles. The van der Waals surface area contributed by atoms with Gasteiger partial charge < -0.3 is 10.2 Å². The first-order valence-electron chi connectivity index (χ1n) is 8.21. The lowest BCUT2D eigenvalue weighted by Crippen LogP contribution is -2.21. The minimum absolute atomic E-state index is 0.754. The fourth-order valence-corrected chi connectivity index (χ4v) is 2.78. The van der Waals surface area contributed by atoms with Crippen LogP contribution in [0.4, 0.5) is 5.95 Å². The van der Waals surface area contributed by atoms with Gasteiger partial charge in [0.2, 0.25) is 5.95 Å². The summed E-state index contributed by atoms with van der Waals surface area (Å²) in [4.78, 5) is 11.2. The van der Waals surface area contributed by atoms with Gasteiger partial charge in [0, 0.05) is 37.6 Å². The van der Waals surface area contributed by atoms with E-state index in [0.29, 0.717) is 0 Å². The van der Waals surface area contributed by atoms with Gasteiger partial charge >= 0.3 is 0 Å². The van der Waals surface area contributed by atoms with E-state index < -0.39 is 0 Å². The van der Waals surface area contributed by atoms with Gasteiger partial charge in [-0.3, -0.25) is 0 Å². The van der Waals surface area contributed by atoms with E-state index in [9.17, 15) is 0 Å². The number of hydrogen-bond donors (Lipinski definition) is 1. The molecule has 1 unspecified atom stereocenters. The van der Waals surface area contributed by atoms with Gasteiger partial charge in [-0.15, -0.1) is 6.58 Å². The summed E-state index contributed by atoms with van der Waals surface area (Å²) in [5.41, 5.74) is 1.16. The van der Waals surface area contributed by atoms with Crippen molar-refractivity contribution in [1.29, 1.82) is 0 Å². The van der Waals surface area contributed by atoms with Crippen LogP contribution in [0.5, 0.6) is 0 Å². The van der Waals surface area contributed by atoms with E-state index in [1.165, 1.54) is 25.7 Å². The highest BCUT2D eigenvalue weighted by molar-refractivity contribution is 5.30. The van der Waals surface area contributed by atoms with Crippen molar-refractivity contribution in [3.05, 3.63) is 30.6 Å². The zero-order chi connectivity index (χ0) is 14.9. The van der Waals surface area contributed by atoms with Crippen LogP contribution in [0.2, 0.25) is 0 Å². The summed E-state index contributed by atoms with van der Waals surface area (Å²) in [6.45, 7) is 10.2. The van der Waals surface area contributed by atoms with Crippen molar-refractivity contribution in [3.63, 3.8) is 0 Å². The lowest BCUT2D eigenvalue weighted by atomic mass is 9.99. The Bertz CT molecular complexity index is 409. The third kappa shape index (κ3) is 5.12. The Balaban J connectivity index is 1.69. The van der Waals surface area contributed by atoms with Crippen molar-refractivity contribution in [2.75, 3.05) is 24.5 Å². The first-order valence-corrected chi connectivity index (χ1v) is 8.21. The van der Waals surface area contributed by atoms with Gasteiger partial charge in [-0.05, 0) is 38.1 Å². The average molecular weight is 288 g/mol. The fourth-order valence-electron chi connectivity index (χ4n) is 2.78. The monoisotopic (exact) mass is 288 g/mol. The minimum Gasteiger partial charge on any atom is -0.341 e. The van der Waals surface area contributed by atoms with Crippen LogP contribution in [0.25, 0.3) is 0 Å². The number of allylic oxidation sites excluding steroid dienone is 1. The molecule has 0 spiro atoms. The Labute approximate surface area is 128 Å². The van der Waals surface area contributed by atoms with Crippen molar-refractivity contribution in [2.24, 2.45) is 5.92 Å². The van der Waals surface area contributed by atoms with E-state index in [-0.39, 0.29) is 0 Å². The molecule has 1 aromatic rings. The molecule has 0 bridgehead atoms. The third-order valence-corrected chi connectivity index (χ3v) is 4.22. The standard InChI is InChI=1S/C17H28N4/c1-3-7-15(4-2)8-9-18-12-16-13-19-17(20-14-16)21-10-5-6-11-21/h3,13-15,18H,1,4-12H2,2H3. The third-order valence-electron chi connectivity index (χ3n) is 4.22. The average Bonchev–Trinajstić information content (AvgIpc) is 3.05. The van der Waals surface area contributed by atoms with Gasteiger partial charge in [0.15, 0.2) is 0 Å². The maximum atomic E-state index is 4.48. The SMILES string of the molecule is C=CCC(CC)CCNCc1cnc(N2CCCC2)nc1. The number of hydrogen-bond acceptors (Lipinski definition) is 4. The molecule has 0 radical (unpaired) electrons. The molecule has 21 heavy (non-hydrogen) atoms. The Morgan fingerprint density at radius 1 is 1.33 bits per heavy atom. The molecule has 1 aliphatic rings. The molecular weight excluding hydrogens is 260 g/mol. The number of rotatable bonds is 9. The smallest absolute Gasteiger partial charge is 0.225 e. The van der Waals surface area contributed by atoms with Crippen molar-refractivity contribution < 1.29 is 0 Å². The molecule has 0 amide bonds. The summed E-state index contributed by atoms with van der Waals surface area (Å²) in [6.07, 6.45) is 12.0. The van der Waals surface area contributed by atoms with Crippen LogP contribution in [-0.2, 0) is 6.54 Å². The predicted octanol–water partition coefficient (Wildman–Crippen LogP) is 3.16. The van der Waals surface area contributed by atoms with Gasteiger partial charge in [-0.1, -0.05) is 19.4 Å². The van der Waals surface area contributed by atoms with Crippen molar-refractivity contribution in [1.82, 2.24) is 15.3 Å². The molecule has 1 atom stereocenters. The highest BCUT2D eigenvalue weighted by Gasteiger charge is 2.14. The molecule has 1 fully saturated rings. The summed E-state index contributed by atoms with van der Waals surface area (Å²) in [7, 11) is 0. The number of nitrogens with one attached hydrogen (secondary N) is 1. The molecule has 4 heteroatoms. The Hall–Kier alpha value is -1.42. The highest BCUT2D eigenvalue weighted by Crippen LogP contribution is 2.15. The molecule has 4 nitrogen and oxygen atoms in total. The van der Waals surface area contributed by atoms with E-state index in [4.69, 9.17) is 0 Å². The van der Waals surface area contributed by atoms with E-state index in [1.54, 1.807) is 0 Å². The number of aromatic nitrogens is 2. The summed E-state index contributed by atoms with van der Waals surface area (Å²) >= 11 is 0. The molecule has 1 N–H and O–H groups in total. The summed E-state index contributed by atoms with van der Waals surface area (Å²) < 4.78 is 0. The first kappa shape index (κ1) is 16.0. The molecule has 1 aliphatic heterocycles. The zero-order valence-corrected chi connectivity index (χ0v) is 13.2. The topological polar surface area (TPSA) is 41.1 Å². The second-order valence-corrected chi connectivity index (χ2v) is 5.85. The van der Waals surface area contributed by atoms with E-state index in [1.807, 2.05) is 18.5 Å². The van der Waals surface area contributed by atoms with E-state index in [0.717, 1.165) is 50.0 Å². The van der Waals surface area contributed by atoms with Crippen LogP contribution < -0.4 is 10.2 Å². The van der Waals surface area contributed by atoms with Crippen LogP contribution in [0, 0.1) is 5.92 Å². The maximum absolute atomic E-state index is 4.48. The Morgan fingerprint density at radius 3 is 2.67 bits per heavy atom. The molecular formula is C17H28N4. The lowest BCUT2D eigenvalue weighted by Gasteiger charge is -2.15. The van der Waals surface area contributed by atoms with Gasteiger partial charge in [0.05, 0.1) is 0 Å². The van der Waals surface area contributed by atoms with Gasteiger partial charge in [0.25, 0.3) is 0 Å². The second kappa shape index (κ2) is 8.78. The molecule has 116 valence electrons. The van der Waals surface area contributed by atoms with E-state index in [2.05, 4.69) is 33.7 Å². The van der Waals surface area contributed by atoms with Crippen LogP contribution in [0.3, 0.4) is 0 Å². The molecule has 0 aliphatic carbocycles. The van der Waals surface area contributed by atoms with Gasteiger partial charge in [-0.2, -0.15) is 0 Å². The zero-order valence-electron chi connectivity index (χ0n) is 13.2. The van der Waals surface area contributed by atoms with Crippen molar-refractivity contribution in [3.8, 4) is 0 Å². The Kier molecular flexibility index (Phi) is 6.67. The predicted molar refractivity (Wildman–Crippen MR) is 88.4 cm³/mol. The normalized spacial score (nSPS) is 16.1. The number of nitrogens with zero attached hydrogens (tertiary/aromatic N) is 3. The van der Waals surface area contributed by atoms with Crippen LogP contribution >= 0.6 is 0 Å². The van der Waals surface area contributed by atoms with Gasteiger partial charge in [-0.25, -0.2) is 9.97 Å². The molecule has 1 saturated heterocycles. The quantitative estimate of drug-likeness (QED) is 0.560. The van der Waals surface area contributed by atoms with Crippen LogP contribution in [-0.4, -0.2) is 29.6 Å².